The monoisotopic (exact) mass is 308 g/mol. The molecule has 0 fully saturated rings. The molecule has 0 saturated carbocycles. The average molecular weight is 309 g/mol. The van der Waals surface area contributed by atoms with Gasteiger partial charge >= 0.3 is 0 Å². The molecule has 3 nitrogen and oxygen atoms in total. The van der Waals surface area contributed by atoms with Gasteiger partial charge in [0.1, 0.15) is 6.54 Å². The largest absolute Gasteiger partial charge is 0.354 e. The molecule has 18 heavy (non-hydrogen) atoms. The first-order chi connectivity index (χ1) is 8.56. The van der Waals surface area contributed by atoms with Gasteiger partial charge in [-0.2, -0.15) is 0 Å². The summed E-state index contributed by atoms with van der Waals surface area (Å²) in [5.74, 6) is 0.537. The van der Waals surface area contributed by atoms with Gasteiger partial charge in [-0.15, -0.1) is 0 Å². The van der Waals surface area contributed by atoms with Crippen LogP contribution in [0.2, 0.25) is 0 Å². The third kappa shape index (κ3) is 3.13. The molecule has 0 aliphatic carbocycles. The summed E-state index contributed by atoms with van der Waals surface area (Å²) < 4.78 is 3.02. The van der Waals surface area contributed by atoms with Gasteiger partial charge in [0.2, 0.25) is 5.91 Å². The zero-order valence-corrected chi connectivity index (χ0v) is 12.2. The van der Waals surface area contributed by atoms with E-state index < -0.39 is 0 Å². The van der Waals surface area contributed by atoms with Crippen LogP contribution in [0.1, 0.15) is 13.8 Å². The highest BCUT2D eigenvalue weighted by atomic mass is 79.9. The molecule has 1 aromatic carbocycles. The van der Waals surface area contributed by atoms with Crippen molar-refractivity contribution in [1.29, 1.82) is 0 Å². The third-order valence-electron chi connectivity index (χ3n) is 2.75. The zero-order chi connectivity index (χ0) is 13.1. The van der Waals surface area contributed by atoms with Gasteiger partial charge in [0.25, 0.3) is 0 Å². The number of rotatable bonds is 4. The maximum Gasteiger partial charge on any atom is 0.239 e. The standard InChI is InChI=1S/C14H17BrN2O/c1-10(2)8-16-14(18)9-17-6-5-11-7-12(15)3-4-13(11)17/h3-7,10H,8-9H2,1-2H3,(H,16,18). The van der Waals surface area contributed by atoms with Gasteiger partial charge in [-0.05, 0) is 30.2 Å². The summed E-state index contributed by atoms with van der Waals surface area (Å²) in [7, 11) is 0. The number of hydrogen-bond donors (Lipinski definition) is 1. The smallest absolute Gasteiger partial charge is 0.239 e. The van der Waals surface area contributed by atoms with Crippen LogP contribution in [0.15, 0.2) is 34.9 Å². The fraction of sp³-hybridized carbons (Fsp3) is 0.357. The first-order valence-electron chi connectivity index (χ1n) is 6.07. The zero-order valence-electron chi connectivity index (χ0n) is 10.6. The molecular formula is C14H17BrN2O. The van der Waals surface area contributed by atoms with Crippen LogP contribution < -0.4 is 5.32 Å². The van der Waals surface area contributed by atoms with Gasteiger partial charge in [0.05, 0.1) is 0 Å². The highest BCUT2D eigenvalue weighted by molar-refractivity contribution is 9.10. The molecule has 0 unspecified atom stereocenters. The minimum absolute atomic E-state index is 0.0594. The fourth-order valence-corrected chi connectivity index (χ4v) is 2.22. The van der Waals surface area contributed by atoms with Crippen LogP contribution in [0.25, 0.3) is 10.9 Å². The molecule has 1 heterocycles. The number of fused-ring (bicyclic) bond motifs is 1. The van der Waals surface area contributed by atoms with Gasteiger partial charge in [-0.25, -0.2) is 0 Å². The molecule has 4 heteroatoms. The lowest BCUT2D eigenvalue weighted by molar-refractivity contribution is -0.121. The Bertz CT molecular complexity index is 560. The van der Waals surface area contributed by atoms with E-state index in [1.165, 1.54) is 0 Å². The van der Waals surface area contributed by atoms with Gasteiger partial charge in [0, 0.05) is 28.1 Å². The number of hydrogen-bond acceptors (Lipinski definition) is 1. The maximum absolute atomic E-state index is 11.8. The first-order valence-corrected chi connectivity index (χ1v) is 6.86. The lowest BCUT2D eigenvalue weighted by atomic mass is 10.2. The molecule has 1 aromatic heterocycles. The second kappa shape index (κ2) is 5.57. The second-order valence-electron chi connectivity index (χ2n) is 4.84. The lowest BCUT2D eigenvalue weighted by Gasteiger charge is -2.09. The molecule has 0 radical (unpaired) electrons. The Morgan fingerprint density at radius 1 is 1.39 bits per heavy atom. The summed E-state index contributed by atoms with van der Waals surface area (Å²) in [5, 5.41) is 4.07. The highest BCUT2D eigenvalue weighted by Gasteiger charge is 2.06. The van der Waals surface area contributed by atoms with Gasteiger partial charge in [-0.3, -0.25) is 4.79 Å². The van der Waals surface area contributed by atoms with Crippen LogP contribution in [0.5, 0.6) is 0 Å². The van der Waals surface area contributed by atoms with Crippen molar-refractivity contribution in [3.63, 3.8) is 0 Å². The van der Waals surface area contributed by atoms with Crippen molar-refractivity contribution < 1.29 is 4.79 Å². The number of amides is 1. The Kier molecular flexibility index (Phi) is 4.07. The van der Waals surface area contributed by atoms with Gasteiger partial charge < -0.3 is 9.88 Å². The first kappa shape index (κ1) is 13.1. The molecule has 96 valence electrons. The van der Waals surface area contributed by atoms with Crippen molar-refractivity contribution in [2.24, 2.45) is 5.92 Å². The molecule has 2 rings (SSSR count). The van der Waals surface area contributed by atoms with E-state index >= 15 is 0 Å². The van der Waals surface area contributed by atoms with Crippen molar-refractivity contribution in [2.45, 2.75) is 20.4 Å². The number of halogens is 1. The Morgan fingerprint density at radius 3 is 2.89 bits per heavy atom. The quantitative estimate of drug-likeness (QED) is 0.925. The molecule has 0 atom stereocenters. The van der Waals surface area contributed by atoms with Crippen LogP contribution in [-0.2, 0) is 11.3 Å². The molecule has 1 N–H and O–H groups in total. The maximum atomic E-state index is 11.8. The van der Waals surface area contributed by atoms with Crippen molar-refractivity contribution in [2.75, 3.05) is 6.54 Å². The van der Waals surface area contributed by atoms with E-state index in [2.05, 4.69) is 41.2 Å². The predicted octanol–water partition coefficient (Wildman–Crippen LogP) is 3.18. The van der Waals surface area contributed by atoms with E-state index in [9.17, 15) is 4.79 Å². The molecule has 2 aromatic rings. The van der Waals surface area contributed by atoms with Crippen LogP contribution in [-0.4, -0.2) is 17.0 Å². The Hall–Kier alpha value is -1.29. The van der Waals surface area contributed by atoms with E-state index in [1.807, 2.05) is 29.0 Å². The summed E-state index contributed by atoms with van der Waals surface area (Å²) in [5.41, 5.74) is 1.08. The number of benzene rings is 1. The van der Waals surface area contributed by atoms with Crippen LogP contribution in [0.3, 0.4) is 0 Å². The summed E-state index contributed by atoms with van der Waals surface area (Å²) in [6, 6.07) is 8.09. The summed E-state index contributed by atoms with van der Waals surface area (Å²) in [6.07, 6.45) is 1.95. The summed E-state index contributed by atoms with van der Waals surface area (Å²) in [6.45, 7) is 5.27. The Balaban J connectivity index is 2.10. The minimum Gasteiger partial charge on any atom is -0.354 e. The lowest BCUT2D eigenvalue weighted by Crippen LogP contribution is -2.30. The van der Waals surface area contributed by atoms with Crippen LogP contribution in [0.4, 0.5) is 0 Å². The number of nitrogens with one attached hydrogen (secondary N) is 1. The van der Waals surface area contributed by atoms with Crippen molar-refractivity contribution >= 4 is 32.7 Å². The van der Waals surface area contributed by atoms with E-state index in [1.54, 1.807) is 0 Å². The predicted molar refractivity (Wildman–Crippen MR) is 77.5 cm³/mol. The average Bonchev–Trinajstić information content (AvgIpc) is 2.69. The van der Waals surface area contributed by atoms with E-state index in [0.717, 1.165) is 21.9 Å². The highest BCUT2D eigenvalue weighted by Crippen LogP contribution is 2.20. The normalized spacial score (nSPS) is 11.1. The molecular weight excluding hydrogens is 292 g/mol. The van der Waals surface area contributed by atoms with E-state index in [4.69, 9.17) is 0 Å². The van der Waals surface area contributed by atoms with Crippen LogP contribution in [0, 0.1) is 5.92 Å². The molecule has 0 bridgehead atoms. The van der Waals surface area contributed by atoms with Crippen molar-refractivity contribution in [1.82, 2.24) is 9.88 Å². The number of carbonyl (C=O) groups excluding carboxylic acids is 1. The number of aromatic nitrogens is 1. The molecule has 0 spiro atoms. The summed E-state index contributed by atoms with van der Waals surface area (Å²) in [4.78, 5) is 11.8. The van der Waals surface area contributed by atoms with Gasteiger partial charge in [-0.1, -0.05) is 29.8 Å². The number of nitrogens with zero attached hydrogens (tertiary/aromatic N) is 1. The van der Waals surface area contributed by atoms with Gasteiger partial charge in [0.15, 0.2) is 0 Å². The Labute approximate surface area is 115 Å². The molecule has 0 aliphatic heterocycles. The summed E-state index contributed by atoms with van der Waals surface area (Å²) >= 11 is 3.44. The molecule has 1 amide bonds. The second-order valence-corrected chi connectivity index (χ2v) is 5.76. The SMILES string of the molecule is CC(C)CNC(=O)Cn1ccc2cc(Br)ccc21. The van der Waals surface area contributed by atoms with Crippen LogP contribution >= 0.6 is 15.9 Å². The minimum atomic E-state index is 0.0594. The van der Waals surface area contributed by atoms with Crippen molar-refractivity contribution in [3.8, 4) is 0 Å². The fourth-order valence-electron chi connectivity index (χ4n) is 1.84. The molecule has 0 saturated heterocycles. The third-order valence-corrected chi connectivity index (χ3v) is 3.25. The van der Waals surface area contributed by atoms with Crippen molar-refractivity contribution in [3.05, 3.63) is 34.9 Å². The van der Waals surface area contributed by atoms with E-state index in [-0.39, 0.29) is 5.91 Å². The van der Waals surface area contributed by atoms with E-state index in [0.29, 0.717) is 12.5 Å². The number of carbonyl (C=O) groups is 1. The molecule has 0 aliphatic rings. The Morgan fingerprint density at radius 2 is 2.17 bits per heavy atom. The topological polar surface area (TPSA) is 34.0 Å².